The molecule has 12 nitrogen and oxygen atoms in total. The van der Waals surface area contributed by atoms with E-state index in [1.165, 1.54) is 27.9 Å². The molecule has 0 bridgehead atoms. The van der Waals surface area contributed by atoms with E-state index >= 15 is 0 Å². The van der Waals surface area contributed by atoms with Gasteiger partial charge in [0.05, 0.1) is 40.5 Å². The quantitative estimate of drug-likeness (QED) is 0.352. The van der Waals surface area contributed by atoms with E-state index in [2.05, 4.69) is 21.8 Å². The van der Waals surface area contributed by atoms with E-state index in [9.17, 15) is 33.1 Å². The summed E-state index contributed by atoms with van der Waals surface area (Å²) in [5.41, 5.74) is 1.06. The molecule has 2 aliphatic rings. The number of aliphatic hydroxyl groups is 1. The van der Waals surface area contributed by atoms with E-state index in [4.69, 9.17) is 0 Å². The van der Waals surface area contributed by atoms with Crippen molar-refractivity contribution in [1.82, 2.24) is 35.1 Å². The molecule has 4 amide bonds. The lowest BCUT2D eigenvalue weighted by Gasteiger charge is -2.34. The number of benzene rings is 2. The van der Waals surface area contributed by atoms with Gasteiger partial charge in [0, 0.05) is 43.6 Å². The second-order valence-corrected chi connectivity index (χ2v) is 11.6. The highest BCUT2D eigenvalue weighted by Crippen LogP contribution is 2.40. The van der Waals surface area contributed by atoms with E-state index in [1.54, 1.807) is 42.2 Å². The topological polar surface area (TPSA) is 133 Å². The summed E-state index contributed by atoms with van der Waals surface area (Å²) in [6, 6.07) is 13.6. The number of alkyl halides is 3. The number of allylic oxidation sites excluding steroid dienone is 1. The van der Waals surface area contributed by atoms with Gasteiger partial charge in [-0.1, -0.05) is 6.07 Å². The molecule has 2 aromatic carbocycles. The molecule has 1 unspecified atom stereocenters. The first-order chi connectivity index (χ1) is 22.4. The average molecular weight is 652 g/mol. The number of hydrogen-bond donors (Lipinski definition) is 3. The Morgan fingerprint density at radius 1 is 1.06 bits per heavy atom. The van der Waals surface area contributed by atoms with Gasteiger partial charge >= 0.3 is 18.2 Å². The van der Waals surface area contributed by atoms with E-state index in [1.807, 2.05) is 19.0 Å². The Morgan fingerprint density at radius 2 is 1.77 bits per heavy atom. The summed E-state index contributed by atoms with van der Waals surface area (Å²) in [7, 11) is 3.83. The third kappa shape index (κ3) is 7.18. The first-order valence-corrected chi connectivity index (χ1v) is 15.1. The number of nitriles is 1. The second-order valence-electron chi connectivity index (χ2n) is 11.6. The van der Waals surface area contributed by atoms with Crippen molar-refractivity contribution >= 4 is 23.4 Å². The molecule has 15 heteroatoms. The monoisotopic (exact) mass is 651 g/mol. The number of rotatable bonds is 7. The summed E-state index contributed by atoms with van der Waals surface area (Å²) in [4.78, 5) is 32.6. The van der Waals surface area contributed by atoms with Crippen molar-refractivity contribution in [1.29, 1.82) is 5.26 Å². The molecule has 2 aliphatic heterocycles. The van der Waals surface area contributed by atoms with Crippen molar-refractivity contribution in [2.24, 2.45) is 0 Å². The van der Waals surface area contributed by atoms with Crippen LogP contribution in [-0.2, 0) is 6.18 Å². The Morgan fingerprint density at radius 3 is 2.40 bits per heavy atom. The number of amides is 4. The van der Waals surface area contributed by atoms with Crippen LogP contribution in [0.2, 0.25) is 0 Å². The molecule has 5 rings (SSSR count). The average Bonchev–Trinajstić information content (AvgIpc) is 3.62. The van der Waals surface area contributed by atoms with E-state index in [0.29, 0.717) is 61.7 Å². The third-order valence-corrected chi connectivity index (χ3v) is 8.15. The van der Waals surface area contributed by atoms with Crippen molar-refractivity contribution < 1.29 is 27.9 Å². The van der Waals surface area contributed by atoms with Gasteiger partial charge in [-0.2, -0.15) is 23.5 Å². The Kier molecular flexibility index (Phi) is 9.73. The minimum Gasteiger partial charge on any atom is -0.356 e. The molecule has 0 spiro atoms. The minimum atomic E-state index is -4.62. The van der Waals surface area contributed by atoms with Crippen LogP contribution in [0, 0.1) is 11.3 Å². The molecule has 1 aromatic heterocycles. The van der Waals surface area contributed by atoms with Gasteiger partial charge in [0.15, 0.2) is 0 Å². The Labute approximate surface area is 270 Å². The summed E-state index contributed by atoms with van der Waals surface area (Å²) in [5, 5.41) is 31.1. The molecule has 3 N–H and O–H groups in total. The van der Waals surface area contributed by atoms with Crippen LogP contribution in [0.5, 0.6) is 0 Å². The first kappa shape index (κ1) is 33.3. The van der Waals surface area contributed by atoms with E-state index < -0.39 is 24.1 Å². The van der Waals surface area contributed by atoms with Gasteiger partial charge in [0.1, 0.15) is 0 Å². The number of aliphatic hydroxyl groups excluding tert-OH is 1. The predicted molar refractivity (Wildman–Crippen MR) is 168 cm³/mol. The fraction of sp³-hybridized carbons (Fsp3) is 0.375. The molecule has 3 aromatic rings. The normalized spacial score (nSPS) is 17.3. The number of likely N-dealkylation sites (N-methyl/N-ethyl adjacent to an activating group) is 1. The number of likely N-dealkylation sites (tertiary alicyclic amines) is 1. The van der Waals surface area contributed by atoms with Crippen molar-refractivity contribution in [2.75, 3.05) is 45.2 Å². The second kappa shape index (κ2) is 13.7. The highest BCUT2D eigenvalue weighted by molar-refractivity contribution is 5.90. The van der Waals surface area contributed by atoms with Crippen molar-refractivity contribution in [3.63, 3.8) is 0 Å². The summed E-state index contributed by atoms with van der Waals surface area (Å²) in [6.07, 6.45) is -3.88. The van der Waals surface area contributed by atoms with Crippen LogP contribution in [0.1, 0.15) is 36.6 Å². The maximum atomic E-state index is 14.0. The maximum Gasteiger partial charge on any atom is 0.416 e. The number of halogens is 3. The zero-order chi connectivity index (χ0) is 33.9. The lowest BCUT2D eigenvalue weighted by Crippen LogP contribution is -2.54. The molecule has 0 aliphatic carbocycles. The van der Waals surface area contributed by atoms with Crippen LogP contribution in [0.15, 0.2) is 66.5 Å². The molecular formula is C32H36F3N9O3. The van der Waals surface area contributed by atoms with Gasteiger partial charge in [0.25, 0.3) is 0 Å². The number of hydrogen-bond acceptors (Lipinski definition) is 7. The third-order valence-electron chi connectivity index (χ3n) is 8.15. The van der Waals surface area contributed by atoms with Crippen LogP contribution < -0.4 is 15.5 Å². The minimum absolute atomic E-state index is 0.0376. The molecule has 0 saturated carbocycles. The summed E-state index contributed by atoms with van der Waals surface area (Å²) in [6.45, 7) is 3.63. The Bertz CT molecular complexity index is 1670. The van der Waals surface area contributed by atoms with E-state index in [0.717, 1.165) is 17.0 Å². The fourth-order valence-corrected chi connectivity index (χ4v) is 5.70. The number of carbonyl (C=O) groups excluding carboxylic acids is 2. The van der Waals surface area contributed by atoms with Gasteiger partial charge in [-0.3, -0.25) is 4.90 Å². The van der Waals surface area contributed by atoms with Crippen LogP contribution >= 0.6 is 0 Å². The predicted octanol–water partition coefficient (Wildman–Crippen LogP) is 3.99. The lowest BCUT2D eigenvalue weighted by molar-refractivity contribution is -0.137. The van der Waals surface area contributed by atoms with Crippen LogP contribution in [0.3, 0.4) is 0 Å². The van der Waals surface area contributed by atoms with Gasteiger partial charge in [-0.25, -0.2) is 19.2 Å². The molecule has 1 atom stereocenters. The summed E-state index contributed by atoms with van der Waals surface area (Å²) >= 11 is 0. The zero-order valence-electron chi connectivity index (χ0n) is 26.2. The molecule has 3 heterocycles. The van der Waals surface area contributed by atoms with Crippen LogP contribution in [0.25, 0.3) is 11.4 Å². The van der Waals surface area contributed by atoms with Crippen molar-refractivity contribution in [3.8, 4) is 11.8 Å². The number of aromatic nitrogens is 2. The van der Waals surface area contributed by atoms with Crippen LogP contribution in [0.4, 0.5) is 28.4 Å². The Hall–Kier alpha value is -5.07. The number of carbonyl (C=O) groups is 2. The van der Waals surface area contributed by atoms with Crippen molar-refractivity contribution in [3.05, 3.63) is 83.3 Å². The Balaban J connectivity index is 1.43. The first-order valence-electron chi connectivity index (χ1n) is 15.1. The number of urea groups is 2. The van der Waals surface area contributed by atoms with Gasteiger partial charge in [-0.05, 0) is 82.4 Å². The standard InChI is InChI=1S/C32H36F3N9O3/c1-21-28(27-11-14-38-44(27)25-9-7-22(20-36)8-10-25)43(31(47)42(21)26-6-4-5-23(19-26)32(33,34)35)30(46)39-24-12-16-41(17-13-24)29(45)37-15-18-40(2)3/h4-11,14,19,24,31,47H,12-13,15-18H2,1-3H3,(H,37,45)(H,39,46). The highest BCUT2D eigenvalue weighted by atomic mass is 19.4. The molecule has 1 fully saturated rings. The number of anilines is 1. The largest absolute Gasteiger partial charge is 0.416 e. The van der Waals surface area contributed by atoms with Gasteiger partial charge in [0.2, 0.25) is 6.35 Å². The molecular weight excluding hydrogens is 615 g/mol. The van der Waals surface area contributed by atoms with Gasteiger partial charge < -0.3 is 25.5 Å². The molecule has 1 saturated heterocycles. The summed E-state index contributed by atoms with van der Waals surface area (Å²) in [5.74, 6) is 0. The SMILES string of the molecule is CC1=C(c2ccnn2-c2ccc(C#N)cc2)N(C(=O)NC2CCN(C(=O)NCCN(C)C)CC2)C(O)N1c1cccc(C(F)(F)F)c1. The number of nitrogens with zero attached hydrogens (tertiary/aromatic N) is 7. The molecule has 248 valence electrons. The van der Waals surface area contributed by atoms with Crippen molar-refractivity contribution in [2.45, 2.75) is 38.3 Å². The lowest BCUT2D eigenvalue weighted by atomic mass is 10.1. The maximum absolute atomic E-state index is 14.0. The fourth-order valence-electron chi connectivity index (χ4n) is 5.70. The van der Waals surface area contributed by atoms with E-state index in [-0.39, 0.29) is 23.5 Å². The smallest absolute Gasteiger partial charge is 0.356 e. The molecule has 47 heavy (non-hydrogen) atoms. The van der Waals surface area contributed by atoms with Gasteiger partial charge in [-0.15, -0.1) is 0 Å². The zero-order valence-corrected chi connectivity index (χ0v) is 26.2. The number of piperidine rings is 1. The highest BCUT2D eigenvalue weighted by Gasteiger charge is 2.43. The van der Waals surface area contributed by atoms with Crippen LogP contribution in [-0.4, -0.2) is 94.3 Å². The molecule has 0 radical (unpaired) electrons. The summed E-state index contributed by atoms with van der Waals surface area (Å²) < 4.78 is 42.5. The number of nitrogens with one attached hydrogen (secondary N) is 2.